The first-order valence-electron chi connectivity index (χ1n) is 9.32. The molecule has 1 aromatic carbocycles. The number of nitrogens with two attached hydrogens (primary N) is 1. The summed E-state index contributed by atoms with van der Waals surface area (Å²) in [5, 5.41) is 4.78. The van der Waals surface area contributed by atoms with Gasteiger partial charge in [0, 0.05) is 24.6 Å². The van der Waals surface area contributed by atoms with Crippen molar-refractivity contribution in [3.05, 3.63) is 35.4 Å². The lowest BCUT2D eigenvalue weighted by atomic mass is 9.93. The third-order valence-corrected chi connectivity index (χ3v) is 4.74. The maximum absolute atomic E-state index is 12.6. The molecular weight excluding hydrogens is 314 g/mol. The summed E-state index contributed by atoms with van der Waals surface area (Å²) in [6.45, 7) is 11.7. The molecule has 0 aliphatic carbocycles. The molecule has 0 spiro atoms. The van der Waals surface area contributed by atoms with E-state index in [1.54, 1.807) is 0 Å². The fraction of sp³-hybridized carbons (Fsp3) is 0.600. The molecule has 5 heteroatoms. The van der Waals surface area contributed by atoms with Crippen LogP contribution in [0, 0.1) is 11.8 Å². The van der Waals surface area contributed by atoms with Crippen LogP contribution in [0.3, 0.4) is 0 Å². The van der Waals surface area contributed by atoms with E-state index < -0.39 is 0 Å². The second-order valence-electron chi connectivity index (χ2n) is 7.81. The monoisotopic (exact) mass is 346 g/mol. The van der Waals surface area contributed by atoms with E-state index >= 15 is 0 Å². The quantitative estimate of drug-likeness (QED) is 0.794. The van der Waals surface area contributed by atoms with Crippen molar-refractivity contribution in [3.63, 3.8) is 0 Å². The van der Waals surface area contributed by atoms with Gasteiger partial charge in [-0.15, -0.1) is 0 Å². The second-order valence-corrected chi connectivity index (χ2v) is 7.81. The highest BCUT2D eigenvalue weighted by Crippen LogP contribution is 2.19. The number of amides is 3. The van der Waals surface area contributed by atoms with E-state index in [-0.39, 0.29) is 24.0 Å². The number of rotatable bonds is 7. The molecule has 5 nitrogen and oxygen atoms in total. The summed E-state index contributed by atoms with van der Waals surface area (Å²) in [4.78, 5) is 25.6. The Morgan fingerprint density at radius 3 is 2.28 bits per heavy atom. The van der Waals surface area contributed by atoms with Crippen LogP contribution in [0.4, 0.5) is 4.79 Å². The zero-order chi connectivity index (χ0) is 18.6. The standard InChI is InChI=1S/C20H31N3O2/c1-13(2)12-16-6-8-17(9-7-16)18(14(3)4)22-15(5)19(24)23-11-10-21-20(23)25/h6-9,13-15,18,22H,10-12H2,1-5H3,(H,21,25)/p+1/t15-,18-/m0/s1. The normalized spacial score (nSPS) is 17.1. The minimum absolute atomic E-state index is 0.114. The van der Waals surface area contributed by atoms with Gasteiger partial charge in [-0.25, -0.2) is 4.79 Å². The van der Waals surface area contributed by atoms with Crippen LogP contribution in [0.25, 0.3) is 0 Å². The lowest BCUT2D eigenvalue weighted by Crippen LogP contribution is -2.93. The van der Waals surface area contributed by atoms with E-state index in [0.29, 0.717) is 24.9 Å². The van der Waals surface area contributed by atoms with Gasteiger partial charge in [-0.1, -0.05) is 52.0 Å². The molecule has 1 aliphatic rings. The maximum Gasteiger partial charge on any atom is 0.324 e. The molecule has 1 fully saturated rings. The van der Waals surface area contributed by atoms with E-state index in [9.17, 15) is 9.59 Å². The van der Waals surface area contributed by atoms with E-state index in [1.165, 1.54) is 16.0 Å². The van der Waals surface area contributed by atoms with E-state index in [2.05, 4.69) is 62.6 Å². The van der Waals surface area contributed by atoms with Gasteiger partial charge in [0.2, 0.25) is 0 Å². The molecule has 0 bridgehead atoms. The number of quaternary nitrogens is 1. The molecule has 138 valence electrons. The molecular formula is C20H32N3O2+. The lowest BCUT2D eigenvalue weighted by molar-refractivity contribution is -0.719. The topological polar surface area (TPSA) is 66.0 Å². The molecule has 0 saturated carbocycles. The fourth-order valence-electron chi connectivity index (χ4n) is 3.39. The van der Waals surface area contributed by atoms with Gasteiger partial charge in [-0.3, -0.25) is 9.69 Å². The van der Waals surface area contributed by atoms with Gasteiger partial charge in [0.25, 0.3) is 5.91 Å². The predicted octanol–water partition coefficient (Wildman–Crippen LogP) is 2.09. The van der Waals surface area contributed by atoms with Gasteiger partial charge in [-0.05, 0) is 24.8 Å². The Morgan fingerprint density at radius 1 is 1.16 bits per heavy atom. The first kappa shape index (κ1) is 19.4. The van der Waals surface area contributed by atoms with Crippen LogP contribution in [0.2, 0.25) is 0 Å². The smallest absolute Gasteiger partial charge is 0.324 e. The number of carbonyl (C=O) groups is 2. The van der Waals surface area contributed by atoms with Gasteiger partial charge >= 0.3 is 6.03 Å². The summed E-state index contributed by atoms with van der Waals surface area (Å²) in [5.41, 5.74) is 2.58. The molecule has 1 aliphatic heterocycles. The molecule has 25 heavy (non-hydrogen) atoms. The van der Waals surface area contributed by atoms with Crippen LogP contribution >= 0.6 is 0 Å². The Bertz CT molecular complexity index is 595. The molecule has 0 unspecified atom stereocenters. The Morgan fingerprint density at radius 2 is 1.80 bits per heavy atom. The molecule has 0 radical (unpaired) electrons. The van der Waals surface area contributed by atoms with Gasteiger partial charge in [-0.2, -0.15) is 0 Å². The van der Waals surface area contributed by atoms with Crippen LogP contribution in [0.5, 0.6) is 0 Å². The van der Waals surface area contributed by atoms with Crippen LogP contribution in [-0.2, 0) is 11.2 Å². The first-order chi connectivity index (χ1) is 11.8. The highest BCUT2D eigenvalue weighted by Gasteiger charge is 2.33. The van der Waals surface area contributed by atoms with Crippen LogP contribution in [0.15, 0.2) is 24.3 Å². The molecule has 3 N–H and O–H groups in total. The lowest BCUT2D eigenvalue weighted by Gasteiger charge is -2.25. The van der Waals surface area contributed by atoms with Gasteiger partial charge in [0.15, 0.2) is 6.04 Å². The van der Waals surface area contributed by atoms with E-state index in [4.69, 9.17) is 0 Å². The summed E-state index contributed by atoms with van der Waals surface area (Å²) in [5.74, 6) is 0.915. The Hall–Kier alpha value is -1.88. The third-order valence-electron chi connectivity index (χ3n) is 4.74. The molecule has 1 heterocycles. The Labute approximate surface area is 151 Å². The number of carbonyl (C=O) groups excluding carboxylic acids is 2. The highest BCUT2D eigenvalue weighted by atomic mass is 16.2. The maximum atomic E-state index is 12.6. The number of benzene rings is 1. The molecule has 2 atom stereocenters. The zero-order valence-corrected chi connectivity index (χ0v) is 16.1. The number of nitrogens with one attached hydrogen (secondary N) is 1. The van der Waals surface area contributed by atoms with Crippen molar-refractivity contribution in [2.24, 2.45) is 11.8 Å². The molecule has 0 aromatic heterocycles. The first-order valence-corrected chi connectivity index (χ1v) is 9.32. The van der Waals surface area contributed by atoms with Gasteiger partial charge < -0.3 is 10.6 Å². The summed E-state index contributed by atoms with van der Waals surface area (Å²) < 4.78 is 0. The van der Waals surface area contributed by atoms with Crippen molar-refractivity contribution in [1.29, 1.82) is 0 Å². The van der Waals surface area contributed by atoms with E-state index in [0.717, 1.165) is 6.42 Å². The number of hydrogen-bond acceptors (Lipinski definition) is 2. The summed E-state index contributed by atoms with van der Waals surface area (Å²) in [6, 6.07) is 8.38. The van der Waals surface area contributed by atoms with Crippen LogP contribution in [0.1, 0.15) is 51.8 Å². The SMILES string of the molecule is CC(C)Cc1ccc([C@@H]([NH2+][C@@H](C)C(=O)N2CCNC2=O)C(C)C)cc1. The van der Waals surface area contributed by atoms with Crippen molar-refractivity contribution in [2.45, 2.75) is 53.1 Å². The fourth-order valence-corrected chi connectivity index (χ4v) is 3.39. The summed E-state index contributed by atoms with van der Waals surface area (Å²) in [6.07, 6.45) is 1.08. The van der Waals surface area contributed by atoms with Crippen molar-refractivity contribution in [3.8, 4) is 0 Å². The van der Waals surface area contributed by atoms with Crippen molar-refractivity contribution in [1.82, 2.24) is 10.2 Å². The van der Waals surface area contributed by atoms with Gasteiger partial charge in [0.1, 0.15) is 6.04 Å². The molecule has 2 rings (SSSR count). The van der Waals surface area contributed by atoms with Crippen molar-refractivity contribution in [2.75, 3.05) is 13.1 Å². The van der Waals surface area contributed by atoms with Crippen molar-refractivity contribution < 1.29 is 14.9 Å². The average Bonchev–Trinajstić information content (AvgIpc) is 2.97. The van der Waals surface area contributed by atoms with E-state index in [1.807, 2.05) is 6.92 Å². The average molecular weight is 346 g/mol. The number of nitrogens with zero attached hydrogens (tertiary/aromatic N) is 1. The largest absolute Gasteiger partial charge is 0.336 e. The van der Waals surface area contributed by atoms with Crippen LogP contribution in [-0.4, -0.2) is 36.0 Å². The highest BCUT2D eigenvalue weighted by molar-refractivity contribution is 5.97. The Balaban J connectivity index is 2.07. The Kier molecular flexibility index (Phi) is 6.59. The molecule has 1 aromatic rings. The van der Waals surface area contributed by atoms with Gasteiger partial charge in [0.05, 0.1) is 0 Å². The molecule has 1 saturated heterocycles. The minimum atomic E-state index is -0.286. The number of urea groups is 1. The predicted molar refractivity (Wildman–Crippen MR) is 99.1 cm³/mol. The third kappa shape index (κ3) is 5.05. The molecule has 3 amide bonds. The minimum Gasteiger partial charge on any atom is -0.336 e. The van der Waals surface area contributed by atoms with Crippen LogP contribution < -0.4 is 10.6 Å². The zero-order valence-electron chi connectivity index (χ0n) is 16.1. The second kappa shape index (κ2) is 8.48. The number of hydrogen-bond donors (Lipinski definition) is 2. The summed E-state index contributed by atoms with van der Waals surface area (Å²) in [7, 11) is 0. The summed E-state index contributed by atoms with van der Waals surface area (Å²) >= 11 is 0. The van der Waals surface area contributed by atoms with Crippen molar-refractivity contribution >= 4 is 11.9 Å². The number of imide groups is 1.